The highest BCUT2D eigenvalue weighted by Gasteiger charge is 2.22. The second-order valence-corrected chi connectivity index (χ2v) is 6.11. The standard InChI is InChI=1S/C20H20N2O2/c23-20(10-13-22-12-9-15-5-1-3-7-18(15)22)21-17-11-14-24-19-8-4-2-6-16(17)19/h1-9,12,17H,10-11,13-14H2,(H,21,23)/t17-/m0/s1. The van der Waals surface area contributed by atoms with Crippen LogP contribution in [-0.4, -0.2) is 17.1 Å². The molecule has 2 aromatic carbocycles. The number of amides is 1. The van der Waals surface area contributed by atoms with E-state index in [4.69, 9.17) is 4.74 Å². The van der Waals surface area contributed by atoms with Crippen LogP contribution in [0.2, 0.25) is 0 Å². The van der Waals surface area contributed by atoms with Crippen LogP contribution in [-0.2, 0) is 11.3 Å². The zero-order chi connectivity index (χ0) is 16.4. The second kappa shape index (κ2) is 6.40. The predicted molar refractivity (Wildman–Crippen MR) is 94.0 cm³/mol. The summed E-state index contributed by atoms with van der Waals surface area (Å²) in [5.74, 6) is 0.958. The Morgan fingerprint density at radius 2 is 1.96 bits per heavy atom. The monoisotopic (exact) mass is 320 g/mol. The number of aryl methyl sites for hydroxylation is 1. The lowest BCUT2D eigenvalue weighted by Gasteiger charge is -2.26. The van der Waals surface area contributed by atoms with Crippen LogP contribution in [0.1, 0.15) is 24.4 Å². The summed E-state index contributed by atoms with van der Waals surface area (Å²) in [4.78, 5) is 12.4. The van der Waals surface area contributed by atoms with E-state index >= 15 is 0 Å². The van der Waals surface area contributed by atoms with Gasteiger partial charge in [-0.15, -0.1) is 0 Å². The molecule has 1 aliphatic rings. The highest BCUT2D eigenvalue weighted by Crippen LogP contribution is 2.31. The molecular weight excluding hydrogens is 300 g/mol. The van der Waals surface area contributed by atoms with Crippen LogP contribution in [0.4, 0.5) is 0 Å². The Labute approximate surface area is 141 Å². The number of nitrogens with zero attached hydrogens (tertiary/aromatic N) is 1. The Balaban J connectivity index is 1.41. The van der Waals surface area contributed by atoms with E-state index in [-0.39, 0.29) is 11.9 Å². The number of carbonyl (C=O) groups excluding carboxylic acids is 1. The lowest BCUT2D eigenvalue weighted by atomic mass is 10.0. The van der Waals surface area contributed by atoms with Gasteiger partial charge in [-0.1, -0.05) is 36.4 Å². The predicted octanol–water partition coefficient (Wildman–Crippen LogP) is 3.67. The molecule has 2 heterocycles. The smallest absolute Gasteiger partial charge is 0.222 e. The van der Waals surface area contributed by atoms with Gasteiger partial charge in [-0.25, -0.2) is 0 Å². The summed E-state index contributed by atoms with van der Waals surface area (Å²) in [6.07, 6.45) is 3.33. The molecule has 1 atom stereocenters. The summed E-state index contributed by atoms with van der Waals surface area (Å²) in [6, 6.07) is 18.3. The van der Waals surface area contributed by atoms with Gasteiger partial charge in [-0.3, -0.25) is 4.79 Å². The Morgan fingerprint density at radius 1 is 1.12 bits per heavy atom. The summed E-state index contributed by atoms with van der Waals surface area (Å²) in [5, 5.41) is 4.36. The van der Waals surface area contributed by atoms with Gasteiger partial charge in [-0.2, -0.15) is 0 Å². The molecule has 0 radical (unpaired) electrons. The van der Waals surface area contributed by atoms with E-state index in [2.05, 4.69) is 28.1 Å². The van der Waals surface area contributed by atoms with Crippen molar-refractivity contribution < 1.29 is 9.53 Å². The molecule has 0 unspecified atom stereocenters. The second-order valence-electron chi connectivity index (χ2n) is 6.11. The van der Waals surface area contributed by atoms with E-state index in [0.717, 1.165) is 17.7 Å². The minimum Gasteiger partial charge on any atom is -0.493 e. The zero-order valence-corrected chi connectivity index (χ0v) is 13.4. The summed E-state index contributed by atoms with van der Waals surface area (Å²) in [6.45, 7) is 1.33. The Kier molecular flexibility index (Phi) is 3.95. The van der Waals surface area contributed by atoms with Crippen molar-refractivity contribution in [3.05, 3.63) is 66.4 Å². The number of hydrogen-bond donors (Lipinski definition) is 1. The van der Waals surface area contributed by atoms with E-state index in [9.17, 15) is 4.79 Å². The van der Waals surface area contributed by atoms with E-state index in [1.54, 1.807) is 0 Å². The maximum atomic E-state index is 12.4. The number of fused-ring (bicyclic) bond motifs is 2. The van der Waals surface area contributed by atoms with E-state index < -0.39 is 0 Å². The first kappa shape index (κ1) is 14.8. The van der Waals surface area contributed by atoms with Gasteiger partial charge in [0.2, 0.25) is 5.91 Å². The minimum atomic E-state index is 0.0452. The van der Waals surface area contributed by atoms with Gasteiger partial charge >= 0.3 is 0 Å². The molecule has 4 rings (SSSR count). The van der Waals surface area contributed by atoms with Crippen molar-refractivity contribution >= 4 is 16.8 Å². The topological polar surface area (TPSA) is 43.3 Å². The molecule has 122 valence electrons. The van der Waals surface area contributed by atoms with Crippen molar-refractivity contribution in [3.63, 3.8) is 0 Å². The maximum absolute atomic E-state index is 12.4. The van der Waals surface area contributed by atoms with Crippen LogP contribution >= 0.6 is 0 Å². The summed E-state index contributed by atoms with van der Waals surface area (Å²) >= 11 is 0. The first-order valence-corrected chi connectivity index (χ1v) is 8.36. The molecule has 4 nitrogen and oxygen atoms in total. The van der Waals surface area contributed by atoms with E-state index in [0.29, 0.717) is 19.6 Å². The van der Waals surface area contributed by atoms with Crippen LogP contribution in [0.3, 0.4) is 0 Å². The van der Waals surface area contributed by atoms with Crippen molar-refractivity contribution in [2.24, 2.45) is 0 Å². The molecule has 0 fully saturated rings. The zero-order valence-electron chi connectivity index (χ0n) is 13.4. The number of hydrogen-bond acceptors (Lipinski definition) is 2. The van der Waals surface area contributed by atoms with E-state index in [1.807, 2.05) is 42.6 Å². The fourth-order valence-corrected chi connectivity index (χ4v) is 3.32. The normalized spacial score (nSPS) is 16.4. The highest BCUT2D eigenvalue weighted by atomic mass is 16.5. The molecular formula is C20H20N2O2. The lowest BCUT2D eigenvalue weighted by Crippen LogP contribution is -2.32. The quantitative estimate of drug-likeness (QED) is 0.797. The van der Waals surface area contributed by atoms with Gasteiger partial charge in [0.15, 0.2) is 0 Å². The molecule has 0 bridgehead atoms. The summed E-state index contributed by atoms with van der Waals surface area (Å²) in [7, 11) is 0. The van der Waals surface area contributed by atoms with Crippen LogP contribution in [0.25, 0.3) is 10.9 Å². The van der Waals surface area contributed by atoms with Gasteiger partial charge in [0, 0.05) is 36.7 Å². The van der Waals surface area contributed by atoms with Crippen molar-refractivity contribution in [1.82, 2.24) is 9.88 Å². The number of benzene rings is 2. The van der Waals surface area contributed by atoms with Crippen LogP contribution in [0.5, 0.6) is 5.75 Å². The SMILES string of the molecule is O=C(CCn1ccc2ccccc21)N[C@H]1CCOc2ccccc21. The average Bonchev–Trinajstić information content (AvgIpc) is 3.04. The van der Waals surface area contributed by atoms with E-state index in [1.165, 1.54) is 10.9 Å². The fraction of sp³-hybridized carbons (Fsp3) is 0.250. The van der Waals surface area contributed by atoms with Crippen LogP contribution in [0, 0.1) is 0 Å². The molecule has 0 spiro atoms. The molecule has 1 amide bonds. The summed E-state index contributed by atoms with van der Waals surface area (Å²) in [5.41, 5.74) is 2.24. The molecule has 0 saturated heterocycles. The Hall–Kier alpha value is -2.75. The Morgan fingerprint density at radius 3 is 2.92 bits per heavy atom. The maximum Gasteiger partial charge on any atom is 0.222 e. The number of para-hydroxylation sites is 2. The van der Waals surface area contributed by atoms with Gasteiger partial charge in [0.1, 0.15) is 5.75 Å². The van der Waals surface area contributed by atoms with Crippen molar-refractivity contribution in [1.29, 1.82) is 0 Å². The lowest BCUT2D eigenvalue weighted by molar-refractivity contribution is -0.122. The number of ether oxygens (including phenoxy) is 1. The molecule has 3 aromatic rings. The number of rotatable bonds is 4. The summed E-state index contributed by atoms with van der Waals surface area (Å²) < 4.78 is 7.78. The molecule has 24 heavy (non-hydrogen) atoms. The molecule has 4 heteroatoms. The molecule has 1 aromatic heterocycles. The van der Waals surface area contributed by atoms with Crippen LogP contribution in [0.15, 0.2) is 60.8 Å². The van der Waals surface area contributed by atoms with Gasteiger partial charge in [-0.05, 0) is 23.6 Å². The number of aromatic nitrogens is 1. The molecule has 1 N–H and O–H groups in total. The minimum absolute atomic E-state index is 0.0452. The third-order valence-corrected chi connectivity index (χ3v) is 4.55. The van der Waals surface area contributed by atoms with Crippen molar-refractivity contribution in [2.75, 3.05) is 6.61 Å². The van der Waals surface area contributed by atoms with Gasteiger partial charge in [0.05, 0.1) is 12.6 Å². The third kappa shape index (κ3) is 2.87. The van der Waals surface area contributed by atoms with Crippen molar-refractivity contribution in [2.45, 2.75) is 25.4 Å². The highest BCUT2D eigenvalue weighted by molar-refractivity contribution is 5.80. The average molecular weight is 320 g/mol. The first-order chi connectivity index (χ1) is 11.8. The van der Waals surface area contributed by atoms with Gasteiger partial charge in [0.25, 0.3) is 0 Å². The fourth-order valence-electron chi connectivity index (χ4n) is 3.32. The third-order valence-electron chi connectivity index (χ3n) is 4.55. The molecule has 1 aliphatic heterocycles. The first-order valence-electron chi connectivity index (χ1n) is 8.36. The Bertz CT molecular complexity index is 869. The number of carbonyl (C=O) groups is 1. The van der Waals surface area contributed by atoms with Crippen molar-refractivity contribution in [3.8, 4) is 5.75 Å². The molecule has 0 aliphatic carbocycles. The van der Waals surface area contributed by atoms with Gasteiger partial charge < -0.3 is 14.6 Å². The molecule has 0 saturated carbocycles. The number of nitrogens with one attached hydrogen (secondary N) is 1. The largest absolute Gasteiger partial charge is 0.493 e. The van der Waals surface area contributed by atoms with Crippen LogP contribution < -0.4 is 10.1 Å².